The molecule has 17 heavy (non-hydrogen) atoms. The lowest BCUT2D eigenvalue weighted by molar-refractivity contribution is -0.139. The lowest BCUT2D eigenvalue weighted by Gasteiger charge is -2.15. The van der Waals surface area contributed by atoms with Crippen LogP contribution in [0.1, 0.15) is 23.5 Å². The molecule has 0 amide bonds. The van der Waals surface area contributed by atoms with E-state index in [1.807, 2.05) is 31.2 Å². The molecule has 0 bridgehead atoms. The average Bonchev–Trinajstić information content (AvgIpc) is 2.30. The largest absolute Gasteiger partial charge is 0.481 e. The summed E-state index contributed by atoms with van der Waals surface area (Å²) in [4.78, 5) is 11.2. The molecule has 0 aliphatic carbocycles. The quantitative estimate of drug-likeness (QED) is 0.707. The van der Waals surface area contributed by atoms with Gasteiger partial charge in [-0.1, -0.05) is 24.3 Å². The zero-order valence-corrected chi connectivity index (χ0v) is 9.93. The summed E-state index contributed by atoms with van der Waals surface area (Å²) >= 11 is 0. The van der Waals surface area contributed by atoms with Gasteiger partial charge in [0.15, 0.2) is 0 Å². The first-order chi connectivity index (χ1) is 8.16. The van der Waals surface area contributed by atoms with Crippen molar-refractivity contribution < 1.29 is 19.7 Å². The van der Waals surface area contributed by atoms with Gasteiger partial charge in [-0.25, -0.2) is 0 Å². The predicted molar refractivity (Wildman–Crippen MR) is 64.1 cm³/mol. The number of aliphatic hydroxyl groups is 1. The molecule has 2 N–H and O–H groups in total. The first kappa shape index (κ1) is 13.7. The van der Waals surface area contributed by atoms with Crippen molar-refractivity contribution in [3.63, 3.8) is 0 Å². The number of aliphatic carboxylic acids is 1. The number of aryl methyl sites for hydroxylation is 1. The summed E-state index contributed by atoms with van der Waals surface area (Å²) in [6.07, 6.45) is 0.417. The van der Waals surface area contributed by atoms with Crippen LogP contribution < -0.4 is 0 Å². The summed E-state index contributed by atoms with van der Waals surface area (Å²) in [5.41, 5.74) is 1.80. The number of carboxylic acids is 1. The van der Waals surface area contributed by atoms with Crippen LogP contribution >= 0.6 is 0 Å². The summed E-state index contributed by atoms with van der Waals surface area (Å²) in [5, 5.41) is 17.8. The van der Waals surface area contributed by atoms with Crippen LogP contribution in [0.25, 0.3) is 0 Å². The highest BCUT2D eigenvalue weighted by Crippen LogP contribution is 2.23. The Morgan fingerprint density at radius 3 is 2.65 bits per heavy atom. The Morgan fingerprint density at radius 1 is 1.35 bits per heavy atom. The van der Waals surface area contributed by atoms with Gasteiger partial charge in [0.1, 0.15) is 0 Å². The van der Waals surface area contributed by atoms with Crippen molar-refractivity contribution in [1.82, 2.24) is 0 Å². The van der Waals surface area contributed by atoms with Gasteiger partial charge in [-0.2, -0.15) is 0 Å². The number of hydrogen-bond donors (Lipinski definition) is 2. The highest BCUT2D eigenvalue weighted by atomic mass is 16.5. The van der Waals surface area contributed by atoms with Gasteiger partial charge in [0, 0.05) is 6.61 Å². The minimum absolute atomic E-state index is 0.0396. The Kier molecular flexibility index (Phi) is 5.66. The molecule has 1 rings (SSSR count). The van der Waals surface area contributed by atoms with E-state index in [0.717, 1.165) is 11.1 Å². The molecule has 4 nitrogen and oxygen atoms in total. The molecule has 0 radical (unpaired) electrons. The number of aliphatic hydroxyl groups excluding tert-OH is 1. The Balaban J connectivity index is 2.66. The van der Waals surface area contributed by atoms with E-state index in [0.29, 0.717) is 13.0 Å². The van der Waals surface area contributed by atoms with Crippen molar-refractivity contribution in [2.75, 3.05) is 19.8 Å². The molecule has 0 saturated carbocycles. The highest BCUT2D eigenvalue weighted by molar-refractivity contribution is 5.76. The van der Waals surface area contributed by atoms with E-state index in [-0.39, 0.29) is 13.2 Å². The third kappa shape index (κ3) is 4.17. The van der Waals surface area contributed by atoms with Crippen LogP contribution in [0, 0.1) is 6.92 Å². The normalized spacial score (nSPS) is 12.4. The Hall–Kier alpha value is -1.39. The maximum absolute atomic E-state index is 11.2. The van der Waals surface area contributed by atoms with E-state index >= 15 is 0 Å². The van der Waals surface area contributed by atoms with Gasteiger partial charge in [0.2, 0.25) is 0 Å². The summed E-state index contributed by atoms with van der Waals surface area (Å²) < 4.78 is 5.11. The molecule has 4 heteroatoms. The second-order valence-corrected chi connectivity index (χ2v) is 3.87. The molecule has 0 heterocycles. The number of benzene rings is 1. The molecule has 1 atom stereocenters. The minimum Gasteiger partial charge on any atom is -0.481 e. The summed E-state index contributed by atoms with van der Waals surface area (Å²) in [5.74, 6) is -1.39. The zero-order chi connectivity index (χ0) is 12.7. The molecule has 0 spiro atoms. The van der Waals surface area contributed by atoms with Crippen LogP contribution in [0.3, 0.4) is 0 Å². The van der Waals surface area contributed by atoms with Crippen molar-refractivity contribution in [2.24, 2.45) is 0 Å². The van der Waals surface area contributed by atoms with E-state index in [1.165, 1.54) is 0 Å². The monoisotopic (exact) mass is 238 g/mol. The Bertz CT molecular complexity index is 362. The van der Waals surface area contributed by atoms with Crippen molar-refractivity contribution >= 4 is 5.97 Å². The second kappa shape index (κ2) is 7.04. The SMILES string of the molecule is Cc1ccccc1C(CCOCCO)C(=O)O. The van der Waals surface area contributed by atoms with Gasteiger partial charge in [-0.05, 0) is 24.5 Å². The Labute approximate surface area is 101 Å². The number of ether oxygens (including phenoxy) is 1. The molecule has 0 aliphatic heterocycles. The second-order valence-electron chi connectivity index (χ2n) is 3.87. The molecule has 0 saturated heterocycles. The lowest BCUT2D eigenvalue weighted by Crippen LogP contribution is -2.15. The van der Waals surface area contributed by atoms with Gasteiger partial charge in [0.05, 0.1) is 19.1 Å². The molecule has 0 aliphatic rings. The third-order valence-corrected chi connectivity index (χ3v) is 2.65. The first-order valence-electron chi connectivity index (χ1n) is 5.63. The number of rotatable bonds is 7. The fourth-order valence-electron chi connectivity index (χ4n) is 1.76. The molecule has 1 aromatic carbocycles. The van der Waals surface area contributed by atoms with Gasteiger partial charge in [0.25, 0.3) is 0 Å². The minimum atomic E-state index is -0.841. The molecule has 1 unspecified atom stereocenters. The molecule has 0 fully saturated rings. The standard InChI is InChI=1S/C13H18O4/c1-10-4-2-3-5-11(10)12(13(15)16)6-8-17-9-7-14/h2-5,12,14H,6-9H2,1H3,(H,15,16). The number of carboxylic acid groups (broad SMARTS) is 1. The van der Waals surface area contributed by atoms with Crippen molar-refractivity contribution in [1.29, 1.82) is 0 Å². The topological polar surface area (TPSA) is 66.8 Å². The summed E-state index contributed by atoms with van der Waals surface area (Å²) in [7, 11) is 0. The molecular weight excluding hydrogens is 220 g/mol. The van der Waals surface area contributed by atoms with Crippen LogP contribution in [0.4, 0.5) is 0 Å². The van der Waals surface area contributed by atoms with E-state index in [2.05, 4.69) is 0 Å². The van der Waals surface area contributed by atoms with Gasteiger partial charge in [-0.15, -0.1) is 0 Å². The van der Waals surface area contributed by atoms with Gasteiger partial charge < -0.3 is 14.9 Å². The maximum Gasteiger partial charge on any atom is 0.311 e. The van der Waals surface area contributed by atoms with Crippen LogP contribution in [0.15, 0.2) is 24.3 Å². The molecular formula is C13H18O4. The lowest BCUT2D eigenvalue weighted by atomic mass is 9.92. The molecule has 94 valence electrons. The Morgan fingerprint density at radius 2 is 2.06 bits per heavy atom. The van der Waals surface area contributed by atoms with E-state index in [9.17, 15) is 9.90 Å². The van der Waals surface area contributed by atoms with Crippen molar-refractivity contribution in [3.05, 3.63) is 35.4 Å². The zero-order valence-electron chi connectivity index (χ0n) is 9.93. The van der Waals surface area contributed by atoms with Crippen molar-refractivity contribution in [2.45, 2.75) is 19.3 Å². The van der Waals surface area contributed by atoms with Crippen LogP contribution in [0.2, 0.25) is 0 Å². The molecule has 1 aromatic rings. The van der Waals surface area contributed by atoms with Crippen LogP contribution in [-0.4, -0.2) is 36.0 Å². The van der Waals surface area contributed by atoms with E-state index in [4.69, 9.17) is 9.84 Å². The molecule has 0 aromatic heterocycles. The first-order valence-corrected chi connectivity index (χ1v) is 5.63. The fraction of sp³-hybridized carbons (Fsp3) is 0.462. The average molecular weight is 238 g/mol. The third-order valence-electron chi connectivity index (χ3n) is 2.65. The van der Waals surface area contributed by atoms with E-state index < -0.39 is 11.9 Å². The number of hydrogen-bond acceptors (Lipinski definition) is 3. The fourth-order valence-corrected chi connectivity index (χ4v) is 1.76. The van der Waals surface area contributed by atoms with Crippen LogP contribution in [0.5, 0.6) is 0 Å². The van der Waals surface area contributed by atoms with Gasteiger partial charge >= 0.3 is 5.97 Å². The van der Waals surface area contributed by atoms with Crippen molar-refractivity contribution in [3.8, 4) is 0 Å². The van der Waals surface area contributed by atoms with Crippen LogP contribution in [-0.2, 0) is 9.53 Å². The summed E-state index contributed by atoms with van der Waals surface area (Å²) in [6, 6.07) is 7.47. The van der Waals surface area contributed by atoms with Gasteiger partial charge in [-0.3, -0.25) is 4.79 Å². The predicted octanol–water partition coefficient (Wildman–Crippen LogP) is 1.56. The number of carbonyl (C=O) groups is 1. The summed E-state index contributed by atoms with van der Waals surface area (Å²) in [6.45, 7) is 2.45. The van der Waals surface area contributed by atoms with E-state index in [1.54, 1.807) is 0 Å². The smallest absolute Gasteiger partial charge is 0.311 e. The highest BCUT2D eigenvalue weighted by Gasteiger charge is 2.20. The maximum atomic E-state index is 11.2.